The van der Waals surface area contributed by atoms with Gasteiger partial charge in [-0.15, -0.1) is 0 Å². The first-order chi connectivity index (χ1) is 14.7. The molecule has 0 unspecified atom stereocenters. The monoisotopic (exact) mass is 449 g/mol. The van der Waals surface area contributed by atoms with Crippen LogP contribution in [0.3, 0.4) is 0 Å². The van der Waals surface area contributed by atoms with E-state index in [1.165, 1.54) is 20.3 Å². The van der Waals surface area contributed by atoms with Crippen LogP contribution in [0.4, 0.5) is 4.39 Å². The average molecular weight is 450 g/mol. The maximum Gasteiger partial charge on any atom is 0.329 e. The summed E-state index contributed by atoms with van der Waals surface area (Å²) in [7, 11) is 2.81. The Balaban J connectivity index is 1.99. The molecule has 1 aliphatic carbocycles. The van der Waals surface area contributed by atoms with Crippen LogP contribution in [0.2, 0.25) is 5.02 Å². The third-order valence-corrected chi connectivity index (χ3v) is 6.16. The second kappa shape index (κ2) is 9.14. The van der Waals surface area contributed by atoms with E-state index in [1.54, 1.807) is 18.2 Å². The highest BCUT2D eigenvalue weighted by Crippen LogP contribution is 2.38. The highest BCUT2D eigenvalue weighted by molar-refractivity contribution is 6.32. The summed E-state index contributed by atoms with van der Waals surface area (Å²) in [5.74, 6) is -1.66. The number of methoxy groups -OCH3 is 2. The minimum atomic E-state index is -1.36. The summed E-state index contributed by atoms with van der Waals surface area (Å²) in [6, 6.07) is 7.40. The summed E-state index contributed by atoms with van der Waals surface area (Å²) >= 11 is 6.21. The van der Waals surface area contributed by atoms with Crippen molar-refractivity contribution < 1.29 is 28.6 Å². The molecule has 0 radical (unpaired) electrons. The number of hydrogen-bond acceptors (Lipinski definition) is 4. The molecule has 0 aliphatic heterocycles. The minimum absolute atomic E-state index is 0.000475. The SMILES string of the molecule is COc1ccc(-c2cc(C(=O)NC3(C(=O)O)CCC(C)CC3)cc(F)c2OC)cc1Cl. The van der Waals surface area contributed by atoms with Gasteiger partial charge in [-0.3, -0.25) is 4.79 Å². The molecule has 0 saturated heterocycles. The summed E-state index contributed by atoms with van der Waals surface area (Å²) in [5, 5.41) is 12.8. The van der Waals surface area contributed by atoms with Gasteiger partial charge in [0, 0.05) is 11.1 Å². The van der Waals surface area contributed by atoms with E-state index in [9.17, 15) is 19.1 Å². The first-order valence-electron chi connectivity index (χ1n) is 9.98. The topological polar surface area (TPSA) is 84.9 Å². The van der Waals surface area contributed by atoms with E-state index in [0.717, 1.165) is 6.07 Å². The molecule has 1 fully saturated rings. The number of benzene rings is 2. The molecule has 8 heteroatoms. The number of nitrogens with one attached hydrogen (secondary N) is 1. The van der Waals surface area contributed by atoms with Gasteiger partial charge in [0.05, 0.1) is 19.2 Å². The number of carboxylic acid groups (broad SMARTS) is 1. The smallest absolute Gasteiger partial charge is 0.329 e. The number of carboxylic acids is 1. The molecule has 0 heterocycles. The molecule has 6 nitrogen and oxygen atoms in total. The lowest BCUT2D eigenvalue weighted by atomic mass is 9.77. The van der Waals surface area contributed by atoms with Gasteiger partial charge in [-0.05, 0) is 61.4 Å². The second-order valence-electron chi connectivity index (χ2n) is 7.91. The van der Waals surface area contributed by atoms with Crippen LogP contribution in [0.25, 0.3) is 11.1 Å². The molecule has 2 aromatic rings. The normalized spacial score (nSPS) is 20.7. The molecule has 0 bridgehead atoms. The molecule has 1 amide bonds. The Labute approximate surface area is 185 Å². The van der Waals surface area contributed by atoms with Crippen molar-refractivity contribution >= 4 is 23.5 Å². The van der Waals surface area contributed by atoms with E-state index in [2.05, 4.69) is 12.2 Å². The van der Waals surface area contributed by atoms with Crippen molar-refractivity contribution in [2.75, 3.05) is 14.2 Å². The van der Waals surface area contributed by atoms with Gasteiger partial charge in [-0.1, -0.05) is 24.6 Å². The first-order valence-corrected chi connectivity index (χ1v) is 10.4. The Hall–Kier alpha value is -2.80. The Morgan fingerprint density at radius 2 is 1.84 bits per heavy atom. The van der Waals surface area contributed by atoms with Crippen molar-refractivity contribution in [3.8, 4) is 22.6 Å². The first kappa shape index (κ1) is 22.9. The average Bonchev–Trinajstić information content (AvgIpc) is 2.74. The molecule has 1 saturated carbocycles. The van der Waals surface area contributed by atoms with Crippen molar-refractivity contribution in [3.05, 3.63) is 46.7 Å². The minimum Gasteiger partial charge on any atom is -0.495 e. The van der Waals surface area contributed by atoms with E-state index < -0.39 is 23.2 Å². The van der Waals surface area contributed by atoms with Crippen LogP contribution in [-0.2, 0) is 4.79 Å². The number of hydrogen-bond donors (Lipinski definition) is 2. The predicted molar refractivity (Wildman–Crippen MR) is 115 cm³/mol. The molecular formula is C23H25ClFNO5. The van der Waals surface area contributed by atoms with Gasteiger partial charge in [0.1, 0.15) is 11.3 Å². The number of rotatable bonds is 6. The molecule has 3 rings (SSSR count). The number of amides is 1. The van der Waals surface area contributed by atoms with Crippen LogP contribution in [0.15, 0.2) is 30.3 Å². The lowest BCUT2D eigenvalue weighted by molar-refractivity contribution is -0.146. The summed E-state index contributed by atoms with van der Waals surface area (Å²) in [6.07, 6.45) is 2.04. The summed E-state index contributed by atoms with van der Waals surface area (Å²) in [5.41, 5.74) is -0.516. The number of halogens is 2. The van der Waals surface area contributed by atoms with E-state index in [0.29, 0.717) is 53.5 Å². The molecule has 0 atom stereocenters. The molecule has 2 aromatic carbocycles. The van der Waals surface area contributed by atoms with Gasteiger partial charge in [0.25, 0.3) is 5.91 Å². The van der Waals surface area contributed by atoms with E-state index in [-0.39, 0.29) is 11.3 Å². The molecule has 2 N–H and O–H groups in total. The van der Waals surface area contributed by atoms with E-state index >= 15 is 0 Å². The third kappa shape index (κ3) is 4.61. The number of carbonyl (C=O) groups is 2. The summed E-state index contributed by atoms with van der Waals surface area (Å²) in [4.78, 5) is 24.9. The standard InChI is InChI=1S/C23H25ClFNO5/c1-13-6-8-23(9-7-13,22(28)29)26-21(27)15-10-16(20(31-3)18(25)12-15)14-4-5-19(30-2)17(24)11-14/h4-5,10-13H,6-9H2,1-3H3,(H,26,27)(H,28,29). The van der Waals surface area contributed by atoms with Crippen molar-refractivity contribution in [1.82, 2.24) is 5.32 Å². The lowest BCUT2D eigenvalue weighted by Gasteiger charge is -2.36. The molecule has 0 aromatic heterocycles. The van der Waals surface area contributed by atoms with Crippen molar-refractivity contribution in [1.29, 1.82) is 0 Å². The fourth-order valence-corrected chi connectivity index (χ4v) is 4.17. The Morgan fingerprint density at radius 1 is 1.16 bits per heavy atom. The fraction of sp³-hybridized carbons (Fsp3) is 0.391. The van der Waals surface area contributed by atoms with Crippen LogP contribution in [0, 0.1) is 11.7 Å². The van der Waals surface area contributed by atoms with Gasteiger partial charge in [-0.2, -0.15) is 0 Å². The second-order valence-corrected chi connectivity index (χ2v) is 8.32. The fourth-order valence-electron chi connectivity index (χ4n) is 3.92. The molecule has 166 valence electrons. The van der Waals surface area contributed by atoms with Crippen molar-refractivity contribution in [2.45, 2.75) is 38.1 Å². The van der Waals surface area contributed by atoms with Gasteiger partial charge < -0.3 is 19.9 Å². The zero-order valence-corrected chi connectivity index (χ0v) is 18.4. The van der Waals surface area contributed by atoms with Gasteiger partial charge in [-0.25, -0.2) is 9.18 Å². The van der Waals surface area contributed by atoms with Crippen LogP contribution in [0.1, 0.15) is 43.0 Å². The number of aliphatic carboxylic acids is 1. The van der Waals surface area contributed by atoms with Crippen LogP contribution < -0.4 is 14.8 Å². The Kier molecular flexibility index (Phi) is 6.74. The summed E-state index contributed by atoms with van der Waals surface area (Å²) in [6.45, 7) is 2.05. The Morgan fingerprint density at radius 3 is 2.39 bits per heavy atom. The molecule has 31 heavy (non-hydrogen) atoms. The molecular weight excluding hydrogens is 425 g/mol. The van der Waals surface area contributed by atoms with E-state index in [1.807, 2.05) is 0 Å². The maximum atomic E-state index is 14.8. The van der Waals surface area contributed by atoms with Crippen LogP contribution >= 0.6 is 11.6 Å². The number of carbonyl (C=O) groups excluding carboxylic acids is 1. The largest absolute Gasteiger partial charge is 0.495 e. The quantitative estimate of drug-likeness (QED) is 0.653. The zero-order valence-electron chi connectivity index (χ0n) is 17.6. The van der Waals surface area contributed by atoms with Crippen LogP contribution in [0.5, 0.6) is 11.5 Å². The predicted octanol–water partition coefficient (Wildman–Crippen LogP) is 4.93. The highest BCUT2D eigenvalue weighted by Gasteiger charge is 2.42. The lowest BCUT2D eigenvalue weighted by Crippen LogP contribution is -2.56. The van der Waals surface area contributed by atoms with Crippen LogP contribution in [-0.4, -0.2) is 36.7 Å². The molecule has 0 spiro atoms. The van der Waals surface area contributed by atoms with Crippen molar-refractivity contribution in [2.24, 2.45) is 5.92 Å². The van der Waals surface area contributed by atoms with Crippen molar-refractivity contribution in [3.63, 3.8) is 0 Å². The third-order valence-electron chi connectivity index (χ3n) is 5.86. The number of ether oxygens (including phenoxy) is 2. The zero-order chi connectivity index (χ0) is 22.8. The summed E-state index contributed by atoms with van der Waals surface area (Å²) < 4.78 is 25.2. The molecule has 1 aliphatic rings. The Bertz CT molecular complexity index is 1000. The maximum absolute atomic E-state index is 14.8. The highest BCUT2D eigenvalue weighted by atomic mass is 35.5. The van der Waals surface area contributed by atoms with Gasteiger partial charge in [0.2, 0.25) is 0 Å². The van der Waals surface area contributed by atoms with Gasteiger partial charge in [0.15, 0.2) is 11.6 Å². The van der Waals surface area contributed by atoms with Gasteiger partial charge >= 0.3 is 5.97 Å². The van der Waals surface area contributed by atoms with E-state index in [4.69, 9.17) is 21.1 Å².